The molecule has 8 nitrogen and oxygen atoms in total. The van der Waals surface area contributed by atoms with Crippen LogP contribution in [-0.2, 0) is 14.3 Å². The molecule has 2 saturated heterocycles. The second-order valence-corrected chi connectivity index (χ2v) is 7.26. The summed E-state index contributed by atoms with van der Waals surface area (Å²) in [6, 6.07) is 3.47. The summed E-state index contributed by atoms with van der Waals surface area (Å²) in [5, 5.41) is 13.1. The maximum absolute atomic E-state index is 13.7. The second-order valence-electron chi connectivity index (χ2n) is 7.26. The molecule has 1 aromatic rings. The molecule has 0 spiro atoms. The number of urea groups is 1. The van der Waals surface area contributed by atoms with Crippen LogP contribution >= 0.6 is 0 Å². The van der Waals surface area contributed by atoms with Gasteiger partial charge in [-0.1, -0.05) is 0 Å². The van der Waals surface area contributed by atoms with E-state index < -0.39 is 23.4 Å². The molecule has 0 aromatic heterocycles. The molecule has 1 aromatic carbocycles. The van der Waals surface area contributed by atoms with Crippen molar-refractivity contribution in [2.24, 2.45) is 0 Å². The zero-order valence-electron chi connectivity index (χ0n) is 16.5. The van der Waals surface area contributed by atoms with Gasteiger partial charge in [-0.15, -0.1) is 0 Å². The third kappa shape index (κ3) is 5.36. The normalized spacial score (nSPS) is 20.9. The molecule has 0 saturated carbocycles. The highest BCUT2D eigenvalue weighted by molar-refractivity contribution is 5.91. The molecule has 160 valence electrons. The Labute approximate surface area is 168 Å². The predicted molar refractivity (Wildman–Crippen MR) is 102 cm³/mol. The maximum atomic E-state index is 13.7. The minimum Gasteiger partial charge on any atom is -0.489 e. The second kappa shape index (κ2) is 9.41. The van der Waals surface area contributed by atoms with Crippen LogP contribution < -0.4 is 10.1 Å². The van der Waals surface area contributed by atoms with Crippen molar-refractivity contribution in [2.75, 3.05) is 38.2 Å². The van der Waals surface area contributed by atoms with Crippen LogP contribution in [0.25, 0.3) is 0 Å². The number of rotatable bonds is 6. The number of amides is 2. The fourth-order valence-corrected chi connectivity index (χ4v) is 3.43. The summed E-state index contributed by atoms with van der Waals surface area (Å²) in [7, 11) is 0. The predicted octanol–water partition coefficient (Wildman–Crippen LogP) is 2.31. The molecule has 0 bridgehead atoms. The first-order valence-corrected chi connectivity index (χ1v) is 9.91. The smallest absolute Gasteiger partial charge is 0.338 e. The number of halogens is 1. The van der Waals surface area contributed by atoms with Crippen LogP contribution in [0.15, 0.2) is 18.2 Å². The number of carbonyl (C=O) groups is 2. The van der Waals surface area contributed by atoms with E-state index in [0.717, 1.165) is 12.8 Å². The Bertz CT molecular complexity index is 730. The maximum Gasteiger partial charge on any atom is 0.338 e. The summed E-state index contributed by atoms with van der Waals surface area (Å²) < 4.78 is 29.9. The minimum atomic E-state index is -1.58. The van der Waals surface area contributed by atoms with E-state index in [0.29, 0.717) is 19.0 Å². The molecular weight excluding hydrogens is 383 g/mol. The van der Waals surface area contributed by atoms with Gasteiger partial charge in [0.25, 0.3) is 0 Å². The van der Waals surface area contributed by atoms with Gasteiger partial charge in [-0.3, -0.25) is 0 Å². The summed E-state index contributed by atoms with van der Waals surface area (Å²) in [5.74, 6) is -0.814. The highest BCUT2D eigenvalue weighted by Crippen LogP contribution is 2.28. The Balaban J connectivity index is 1.59. The number of nitrogens with zero attached hydrogens (tertiary/aromatic N) is 1. The van der Waals surface area contributed by atoms with E-state index >= 15 is 0 Å². The van der Waals surface area contributed by atoms with E-state index in [9.17, 15) is 19.1 Å². The van der Waals surface area contributed by atoms with Crippen LogP contribution in [0.1, 0.15) is 32.6 Å². The number of aliphatic hydroxyl groups is 1. The topological polar surface area (TPSA) is 97.3 Å². The van der Waals surface area contributed by atoms with Crippen LogP contribution in [0.4, 0.5) is 14.9 Å². The van der Waals surface area contributed by atoms with Gasteiger partial charge < -0.3 is 29.5 Å². The summed E-state index contributed by atoms with van der Waals surface area (Å²) in [6.07, 6.45) is 2.02. The molecule has 3 rings (SSSR count). The summed E-state index contributed by atoms with van der Waals surface area (Å²) in [4.78, 5) is 26.0. The largest absolute Gasteiger partial charge is 0.489 e. The van der Waals surface area contributed by atoms with Crippen molar-refractivity contribution in [2.45, 2.75) is 44.3 Å². The van der Waals surface area contributed by atoms with E-state index in [4.69, 9.17) is 14.2 Å². The fourth-order valence-electron chi connectivity index (χ4n) is 3.43. The van der Waals surface area contributed by atoms with Crippen molar-refractivity contribution < 1.29 is 33.3 Å². The molecule has 2 aliphatic rings. The van der Waals surface area contributed by atoms with Crippen LogP contribution in [-0.4, -0.2) is 66.6 Å². The number of hydrogen-bond donors (Lipinski definition) is 2. The van der Waals surface area contributed by atoms with E-state index in [1.54, 1.807) is 6.92 Å². The van der Waals surface area contributed by atoms with Gasteiger partial charge in [-0.25, -0.2) is 14.0 Å². The molecule has 2 heterocycles. The Morgan fingerprint density at radius 2 is 2.14 bits per heavy atom. The van der Waals surface area contributed by atoms with Gasteiger partial charge in [0.05, 0.1) is 18.4 Å². The average molecular weight is 410 g/mol. The number of esters is 1. The number of benzene rings is 1. The number of ether oxygens (including phenoxy) is 3. The first kappa shape index (κ1) is 21.3. The minimum absolute atomic E-state index is 0.00810. The standard InChI is InChI=1S/C20H27FN2O6/c1-2-27-18(24)20(26)7-9-23(10-8-20)19(25)22-16-12-14(21)5-6-17(16)29-13-15-4-3-11-28-15/h5-6,12,15,26H,2-4,7-11,13H2,1H3,(H,22,25)/t15-/m1/s1. The number of likely N-dealkylation sites (tertiary alicyclic amines) is 1. The molecule has 0 unspecified atom stereocenters. The average Bonchev–Trinajstić information content (AvgIpc) is 3.21. The quantitative estimate of drug-likeness (QED) is 0.699. The summed E-state index contributed by atoms with van der Waals surface area (Å²) in [5.41, 5.74) is -1.36. The summed E-state index contributed by atoms with van der Waals surface area (Å²) >= 11 is 0. The number of anilines is 1. The molecule has 2 amide bonds. The van der Waals surface area contributed by atoms with Crippen LogP contribution in [0.3, 0.4) is 0 Å². The van der Waals surface area contributed by atoms with Gasteiger partial charge in [0.1, 0.15) is 18.2 Å². The highest BCUT2D eigenvalue weighted by atomic mass is 19.1. The monoisotopic (exact) mass is 410 g/mol. The van der Waals surface area contributed by atoms with Crippen LogP contribution in [0.5, 0.6) is 5.75 Å². The molecule has 9 heteroatoms. The molecule has 0 radical (unpaired) electrons. The number of hydrogen-bond acceptors (Lipinski definition) is 6. The first-order valence-electron chi connectivity index (χ1n) is 9.91. The molecule has 2 N–H and O–H groups in total. The van der Waals surface area contributed by atoms with Crippen LogP contribution in [0, 0.1) is 5.82 Å². The SMILES string of the molecule is CCOC(=O)C1(O)CCN(C(=O)Nc2cc(F)ccc2OC[C@H]2CCCO2)CC1. The van der Waals surface area contributed by atoms with Crippen LogP contribution in [0.2, 0.25) is 0 Å². The van der Waals surface area contributed by atoms with Gasteiger partial charge in [-0.05, 0) is 31.9 Å². The lowest BCUT2D eigenvalue weighted by atomic mass is 9.92. The highest BCUT2D eigenvalue weighted by Gasteiger charge is 2.41. The van der Waals surface area contributed by atoms with Crippen molar-refractivity contribution >= 4 is 17.7 Å². The Kier molecular flexibility index (Phi) is 6.92. The van der Waals surface area contributed by atoms with Gasteiger partial charge in [0.15, 0.2) is 5.60 Å². The Morgan fingerprint density at radius 1 is 1.38 bits per heavy atom. The molecule has 2 fully saturated rings. The summed E-state index contributed by atoms with van der Waals surface area (Å²) in [6.45, 7) is 3.21. The molecular formula is C20H27FN2O6. The fraction of sp³-hybridized carbons (Fsp3) is 0.600. The van der Waals surface area contributed by atoms with Crippen molar-refractivity contribution in [3.63, 3.8) is 0 Å². The zero-order chi connectivity index (χ0) is 20.9. The van der Waals surface area contributed by atoms with E-state index in [1.165, 1.54) is 23.1 Å². The number of nitrogens with one attached hydrogen (secondary N) is 1. The van der Waals surface area contributed by atoms with Crippen molar-refractivity contribution in [1.29, 1.82) is 0 Å². The Morgan fingerprint density at radius 3 is 2.79 bits per heavy atom. The lowest BCUT2D eigenvalue weighted by molar-refractivity contribution is -0.169. The molecule has 1 atom stereocenters. The third-order valence-corrected chi connectivity index (χ3v) is 5.17. The lowest BCUT2D eigenvalue weighted by Crippen LogP contribution is -2.52. The van der Waals surface area contributed by atoms with Crippen molar-refractivity contribution in [3.8, 4) is 5.75 Å². The molecule has 0 aliphatic carbocycles. The number of carbonyl (C=O) groups excluding carboxylic acids is 2. The van der Waals surface area contributed by atoms with Crippen molar-refractivity contribution in [3.05, 3.63) is 24.0 Å². The molecule has 2 aliphatic heterocycles. The van der Waals surface area contributed by atoms with Gasteiger partial charge >= 0.3 is 12.0 Å². The third-order valence-electron chi connectivity index (χ3n) is 5.17. The Hall–Kier alpha value is -2.39. The number of piperidine rings is 1. The van der Waals surface area contributed by atoms with E-state index in [1.807, 2.05) is 0 Å². The van der Waals surface area contributed by atoms with E-state index in [2.05, 4.69) is 5.32 Å². The van der Waals surface area contributed by atoms with Gasteiger partial charge in [0.2, 0.25) is 0 Å². The molecule has 29 heavy (non-hydrogen) atoms. The van der Waals surface area contributed by atoms with Gasteiger partial charge in [-0.2, -0.15) is 0 Å². The zero-order valence-corrected chi connectivity index (χ0v) is 16.5. The van der Waals surface area contributed by atoms with Gasteiger partial charge in [0, 0.05) is 38.6 Å². The van der Waals surface area contributed by atoms with Crippen molar-refractivity contribution in [1.82, 2.24) is 4.90 Å². The van der Waals surface area contributed by atoms with E-state index in [-0.39, 0.29) is 44.3 Å². The lowest BCUT2D eigenvalue weighted by Gasteiger charge is -2.36. The first-order chi connectivity index (χ1) is 13.9.